The average molecular weight is 324 g/mol. The number of hydrogen-bond acceptors (Lipinski definition) is 6. The Hall–Kier alpha value is -1.58. The Kier molecular flexibility index (Phi) is 8.67. The monoisotopic (exact) mass is 324 g/mol. The molecule has 3 unspecified atom stereocenters. The highest BCUT2D eigenvalue weighted by Crippen LogP contribution is 2.28. The minimum absolute atomic E-state index is 0.0202. The molecular formula is C17H28N2O4. The number of methoxy groups -OCH3 is 1. The second kappa shape index (κ2) is 10.2. The number of nitrogens with one attached hydrogen (secondary N) is 1. The van der Waals surface area contributed by atoms with Gasteiger partial charge in [-0.05, 0) is 38.2 Å². The molecule has 0 aliphatic heterocycles. The summed E-state index contributed by atoms with van der Waals surface area (Å²) in [6.45, 7) is 5.64. The smallest absolute Gasteiger partial charge is 0.323 e. The van der Waals surface area contributed by atoms with Crippen molar-refractivity contribution >= 4 is 5.97 Å². The molecule has 0 aromatic rings. The van der Waals surface area contributed by atoms with Gasteiger partial charge in [0, 0.05) is 20.1 Å². The number of nitriles is 1. The van der Waals surface area contributed by atoms with Crippen LogP contribution in [0.25, 0.3) is 0 Å². The Morgan fingerprint density at radius 2 is 2.17 bits per heavy atom. The van der Waals surface area contributed by atoms with E-state index in [9.17, 15) is 4.79 Å². The molecular weight excluding hydrogens is 296 g/mol. The topological polar surface area (TPSA) is 80.6 Å². The zero-order chi connectivity index (χ0) is 17.2. The highest BCUT2D eigenvalue weighted by molar-refractivity contribution is 5.71. The summed E-state index contributed by atoms with van der Waals surface area (Å²) in [7, 11) is 1.70. The largest absolute Gasteiger partial charge is 0.460 e. The van der Waals surface area contributed by atoms with Gasteiger partial charge >= 0.3 is 5.97 Å². The fourth-order valence-electron chi connectivity index (χ4n) is 2.83. The average Bonchev–Trinajstić information content (AvgIpc) is 2.52. The molecule has 3 atom stereocenters. The van der Waals surface area contributed by atoms with Crippen LogP contribution in [0.5, 0.6) is 0 Å². The molecule has 6 nitrogen and oxygen atoms in total. The van der Waals surface area contributed by atoms with Crippen LogP contribution in [-0.4, -0.2) is 31.6 Å². The van der Waals surface area contributed by atoms with Gasteiger partial charge in [0.25, 0.3) is 0 Å². The van der Waals surface area contributed by atoms with Crippen molar-refractivity contribution < 1.29 is 19.0 Å². The minimum Gasteiger partial charge on any atom is -0.460 e. The number of carbonyl (C=O) groups is 1. The van der Waals surface area contributed by atoms with Gasteiger partial charge < -0.3 is 14.2 Å². The Bertz CT molecular complexity index is 452. The van der Waals surface area contributed by atoms with Crippen LogP contribution in [0.2, 0.25) is 0 Å². The number of carbonyl (C=O) groups excluding carboxylic acids is 1. The summed E-state index contributed by atoms with van der Waals surface area (Å²) in [6, 6.07) is 1.98. The number of rotatable bonds is 8. The molecule has 0 aromatic carbocycles. The molecule has 1 aliphatic carbocycles. The van der Waals surface area contributed by atoms with Gasteiger partial charge in [0.2, 0.25) is 6.29 Å². The first-order valence-electron chi connectivity index (χ1n) is 8.23. The van der Waals surface area contributed by atoms with Crippen LogP contribution in [0.4, 0.5) is 0 Å². The molecule has 0 bridgehead atoms. The third-order valence-electron chi connectivity index (χ3n) is 3.97. The predicted octanol–water partition coefficient (Wildman–Crippen LogP) is 2.99. The fourth-order valence-corrected chi connectivity index (χ4v) is 2.83. The molecule has 130 valence electrons. The summed E-state index contributed by atoms with van der Waals surface area (Å²) in [5.41, 5.74) is 1.20. The zero-order valence-electron chi connectivity index (χ0n) is 14.6. The summed E-state index contributed by atoms with van der Waals surface area (Å²) in [6.07, 6.45) is 4.24. The van der Waals surface area contributed by atoms with Crippen molar-refractivity contribution in [3.63, 3.8) is 0 Å². The number of hydrogen-bond donors (Lipinski definition) is 1. The fraction of sp³-hybridized carbons (Fsp3) is 0.765. The number of allylic oxidation sites excluding steroid dienone is 1. The quantitative estimate of drug-likeness (QED) is 0.420. The van der Waals surface area contributed by atoms with Gasteiger partial charge in [-0.1, -0.05) is 13.3 Å². The van der Waals surface area contributed by atoms with E-state index in [2.05, 4.69) is 12.2 Å². The Morgan fingerprint density at radius 1 is 1.43 bits per heavy atom. The minimum atomic E-state index is -0.699. The number of nitrogens with zero attached hydrogens (tertiary/aromatic N) is 1. The number of ether oxygens (including phenoxy) is 3. The zero-order valence-corrected chi connectivity index (χ0v) is 14.6. The van der Waals surface area contributed by atoms with Gasteiger partial charge in [0.05, 0.1) is 11.8 Å². The SMILES string of the molecule is CCC(NC1CCCCC1=C(C)OC(C)OC(=O)CC#N)OC. The van der Waals surface area contributed by atoms with Crippen LogP contribution >= 0.6 is 0 Å². The van der Waals surface area contributed by atoms with E-state index in [1.54, 1.807) is 20.1 Å². The van der Waals surface area contributed by atoms with Crippen LogP contribution in [0, 0.1) is 11.3 Å². The van der Waals surface area contributed by atoms with Crippen molar-refractivity contribution in [2.75, 3.05) is 7.11 Å². The maximum absolute atomic E-state index is 11.3. The molecule has 0 aromatic heterocycles. The van der Waals surface area contributed by atoms with Crippen molar-refractivity contribution in [1.29, 1.82) is 5.26 Å². The Morgan fingerprint density at radius 3 is 2.78 bits per heavy atom. The Balaban J connectivity index is 2.70. The molecule has 0 spiro atoms. The van der Waals surface area contributed by atoms with Crippen LogP contribution in [-0.2, 0) is 19.0 Å². The third kappa shape index (κ3) is 6.59. The van der Waals surface area contributed by atoms with E-state index in [1.165, 1.54) is 12.0 Å². The second-order valence-corrected chi connectivity index (χ2v) is 5.69. The lowest BCUT2D eigenvalue weighted by molar-refractivity contribution is -0.166. The van der Waals surface area contributed by atoms with E-state index in [4.69, 9.17) is 19.5 Å². The molecule has 1 rings (SSSR count). The van der Waals surface area contributed by atoms with E-state index >= 15 is 0 Å². The Labute approximate surface area is 138 Å². The molecule has 1 fully saturated rings. The highest BCUT2D eigenvalue weighted by Gasteiger charge is 2.24. The lowest BCUT2D eigenvalue weighted by Crippen LogP contribution is -2.42. The third-order valence-corrected chi connectivity index (χ3v) is 3.97. The first kappa shape index (κ1) is 19.5. The second-order valence-electron chi connectivity index (χ2n) is 5.69. The summed E-state index contributed by atoms with van der Waals surface area (Å²) in [5, 5.41) is 12.0. The maximum atomic E-state index is 11.3. The lowest BCUT2D eigenvalue weighted by Gasteiger charge is -2.31. The van der Waals surface area contributed by atoms with Gasteiger partial charge in [0.1, 0.15) is 12.6 Å². The molecule has 6 heteroatoms. The van der Waals surface area contributed by atoms with Gasteiger partial charge in [-0.25, -0.2) is 0 Å². The molecule has 0 saturated heterocycles. The first-order chi connectivity index (χ1) is 11.0. The van der Waals surface area contributed by atoms with E-state index in [0.29, 0.717) is 0 Å². The summed E-state index contributed by atoms with van der Waals surface area (Å²) in [4.78, 5) is 11.3. The van der Waals surface area contributed by atoms with E-state index in [1.807, 2.05) is 6.92 Å². The normalized spacial score (nSPS) is 22.7. The molecule has 0 amide bonds. The summed E-state index contributed by atoms with van der Waals surface area (Å²) >= 11 is 0. The molecule has 1 N–H and O–H groups in total. The van der Waals surface area contributed by atoms with Crippen molar-refractivity contribution in [3.05, 3.63) is 11.3 Å². The van der Waals surface area contributed by atoms with E-state index in [-0.39, 0.29) is 18.7 Å². The van der Waals surface area contributed by atoms with Crippen molar-refractivity contribution in [2.24, 2.45) is 0 Å². The van der Waals surface area contributed by atoms with Gasteiger partial charge in [0.15, 0.2) is 0 Å². The van der Waals surface area contributed by atoms with Gasteiger partial charge in [-0.2, -0.15) is 5.26 Å². The molecule has 1 aliphatic rings. The highest BCUT2D eigenvalue weighted by atomic mass is 16.7. The first-order valence-corrected chi connectivity index (χ1v) is 8.23. The molecule has 0 heterocycles. The summed E-state index contributed by atoms with van der Waals surface area (Å²) < 4.78 is 16.2. The molecule has 0 radical (unpaired) electrons. The standard InChI is InChI=1S/C17H28N2O4/c1-5-16(21-4)19-15-9-7-6-8-14(15)12(2)22-13(3)23-17(20)10-11-18/h13,15-16,19H,5-10H2,1-4H3. The van der Waals surface area contributed by atoms with Gasteiger partial charge in [-0.3, -0.25) is 10.1 Å². The predicted molar refractivity (Wildman–Crippen MR) is 86.0 cm³/mol. The van der Waals surface area contributed by atoms with Gasteiger partial charge in [-0.15, -0.1) is 0 Å². The van der Waals surface area contributed by atoms with E-state index in [0.717, 1.165) is 31.4 Å². The summed E-state index contributed by atoms with van der Waals surface area (Å²) in [5.74, 6) is 0.215. The molecule has 23 heavy (non-hydrogen) atoms. The van der Waals surface area contributed by atoms with Crippen molar-refractivity contribution in [3.8, 4) is 6.07 Å². The van der Waals surface area contributed by atoms with E-state index < -0.39 is 12.3 Å². The number of esters is 1. The van der Waals surface area contributed by atoms with Crippen LogP contribution < -0.4 is 5.32 Å². The maximum Gasteiger partial charge on any atom is 0.323 e. The van der Waals surface area contributed by atoms with Crippen LogP contribution in [0.3, 0.4) is 0 Å². The van der Waals surface area contributed by atoms with Crippen molar-refractivity contribution in [1.82, 2.24) is 5.32 Å². The van der Waals surface area contributed by atoms with Crippen LogP contribution in [0.15, 0.2) is 11.3 Å². The van der Waals surface area contributed by atoms with Crippen LogP contribution in [0.1, 0.15) is 59.3 Å². The van der Waals surface area contributed by atoms with Crippen molar-refractivity contribution in [2.45, 2.75) is 77.9 Å². The molecule has 1 saturated carbocycles. The lowest BCUT2D eigenvalue weighted by atomic mass is 9.89.